The minimum absolute atomic E-state index is 0.124. The number of amides is 1. The summed E-state index contributed by atoms with van der Waals surface area (Å²) in [6.07, 6.45) is 5.87. The van der Waals surface area contributed by atoms with Crippen LogP contribution < -0.4 is 0 Å². The predicted molar refractivity (Wildman–Crippen MR) is 78.4 cm³/mol. The third kappa shape index (κ3) is 2.74. The van der Waals surface area contributed by atoms with E-state index in [0.29, 0.717) is 6.04 Å². The number of hydrogen-bond donors (Lipinski definition) is 0. The number of halogens is 1. The van der Waals surface area contributed by atoms with Gasteiger partial charge >= 0.3 is 0 Å². The maximum Gasteiger partial charge on any atom is 0.254 e. The standard InChI is InChI=1S/C13H14BrN3OS/c14-12-7-10(9-19-12)13(18)16-5-1-3-11(8-16)17-6-2-4-15-17/h2,4,6-7,9,11H,1,3,5,8H2/t11-/m0/s1. The molecule has 1 fully saturated rings. The number of carbonyl (C=O) groups excluding carboxylic acids is 1. The predicted octanol–water partition coefficient (Wildman–Crippen LogP) is 3.18. The molecule has 0 radical (unpaired) electrons. The number of nitrogens with zero attached hydrogens (tertiary/aromatic N) is 3. The smallest absolute Gasteiger partial charge is 0.254 e. The van der Waals surface area contributed by atoms with E-state index >= 15 is 0 Å². The molecule has 1 saturated heterocycles. The molecule has 0 saturated carbocycles. The van der Waals surface area contributed by atoms with E-state index in [4.69, 9.17) is 0 Å². The van der Waals surface area contributed by atoms with Gasteiger partial charge in [0.05, 0.1) is 15.4 Å². The highest BCUT2D eigenvalue weighted by Gasteiger charge is 2.26. The van der Waals surface area contributed by atoms with Crippen LogP contribution in [-0.2, 0) is 0 Å². The van der Waals surface area contributed by atoms with Crippen LogP contribution in [0.4, 0.5) is 0 Å². The fraction of sp³-hybridized carbons (Fsp3) is 0.385. The molecule has 100 valence electrons. The van der Waals surface area contributed by atoms with Crippen molar-refractivity contribution in [3.63, 3.8) is 0 Å². The van der Waals surface area contributed by atoms with Crippen LogP contribution in [0, 0.1) is 0 Å². The van der Waals surface area contributed by atoms with Crippen molar-refractivity contribution < 1.29 is 4.79 Å². The second-order valence-electron chi connectivity index (χ2n) is 4.67. The van der Waals surface area contributed by atoms with E-state index < -0.39 is 0 Å². The van der Waals surface area contributed by atoms with Crippen molar-refractivity contribution in [3.05, 3.63) is 39.3 Å². The average Bonchev–Trinajstić information content (AvgIpc) is 3.09. The topological polar surface area (TPSA) is 38.1 Å². The molecule has 4 nitrogen and oxygen atoms in total. The van der Waals surface area contributed by atoms with Crippen LogP contribution in [0.5, 0.6) is 0 Å². The van der Waals surface area contributed by atoms with Gasteiger partial charge in [-0.25, -0.2) is 0 Å². The number of likely N-dealkylation sites (tertiary alicyclic amines) is 1. The summed E-state index contributed by atoms with van der Waals surface area (Å²) in [7, 11) is 0. The van der Waals surface area contributed by atoms with E-state index in [-0.39, 0.29) is 5.91 Å². The lowest BCUT2D eigenvalue weighted by molar-refractivity contribution is 0.0673. The molecule has 2 aromatic rings. The van der Waals surface area contributed by atoms with Gasteiger partial charge in [0.25, 0.3) is 5.91 Å². The van der Waals surface area contributed by atoms with Crippen molar-refractivity contribution in [1.82, 2.24) is 14.7 Å². The molecule has 0 bridgehead atoms. The van der Waals surface area contributed by atoms with E-state index in [1.807, 2.05) is 33.3 Å². The van der Waals surface area contributed by atoms with Crippen LogP contribution in [0.2, 0.25) is 0 Å². The summed E-state index contributed by atoms with van der Waals surface area (Å²) < 4.78 is 2.96. The Labute approximate surface area is 124 Å². The Morgan fingerprint density at radius 3 is 3.11 bits per heavy atom. The summed E-state index contributed by atoms with van der Waals surface area (Å²) in [5, 5.41) is 6.19. The molecule has 2 aromatic heterocycles. The summed E-state index contributed by atoms with van der Waals surface area (Å²) in [5.74, 6) is 0.124. The number of piperidine rings is 1. The lowest BCUT2D eigenvalue weighted by Gasteiger charge is -2.32. The van der Waals surface area contributed by atoms with Gasteiger partial charge < -0.3 is 4.90 Å². The molecule has 1 aliphatic heterocycles. The summed E-state index contributed by atoms with van der Waals surface area (Å²) >= 11 is 4.95. The van der Waals surface area contributed by atoms with Crippen molar-refractivity contribution in [2.24, 2.45) is 0 Å². The van der Waals surface area contributed by atoms with Crippen LogP contribution in [-0.4, -0.2) is 33.7 Å². The molecule has 1 atom stereocenters. The average molecular weight is 340 g/mol. The fourth-order valence-corrected chi connectivity index (χ4v) is 3.59. The van der Waals surface area contributed by atoms with Gasteiger partial charge in [0, 0.05) is 30.9 Å². The summed E-state index contributed by atoms with van der Waals surface area (Å²) in [6.45, 7) is 1.58. The summed E-state index contributed by atoms with van der Waals surface area (Å²) in [5.41, 5.74) is 0.776. The van der Waals surface area contributed by atoms with E-state index in [9.17, 15) is 4.79 Å². The van der Waals surface area contributed by atoms with E-state index in [1.54, 1.807) is 17.5 Å². The third-order valence-corrected chi connectivity index (χ3v) is 4.90. The van der Waals surface area contributed by atoms with Gasteiger partial charge in [-0.05, 0) is 40.9 Å². The zero-order valence-corrected chi connectivity index (χ0v) is 12.7. The Morgan fingerprint density at radius 2 is 2.42 bits per heavy atom. The first-order chi connectivity index (χ1) is 9.24. The molecule has 0 unspecified atom stereocenters. The Hall–Kier alpha value is -1.14. The van der Waals surface area contributed by atoms with Crippen molar-refractivity contribution in [2.75, 3.05) is 13.1 Å². The van der Waals surface area contributed by atoms with E-state index in [2.05, 4.69) is 21.0 Å². The summed E-state index contributed by atoms with van der Waals surface area (Å²) in [4.78, 5) is 14.3. The Kier molecular flexibility index (Phi) is 3.70. The van der Waals surface area contributed by atoms with Gasteiger partial charge in [-0.3, -0.25) is 9.48 Å². The summed E-state index contributed by atoms with van der Waals surface area (Å²) in [6, 6.07) is 4.12. The lowest BCUT2D eigenvalue weighted by Crippen LogP contribution is -2.40. The number of rotatable bonds is 2. The van der Waals surface area contributed by atoms with Gasteiger partial charge in [0.15, 0.2) is 0 Å². The molecule has 0 spiro atoms. The second-order valence-corrected chi connectivity index (χ2v) is 6.96. The molecule has 3 heterocycles. The number of carbonyl (C=O) groups is 1. The van der Waals surface area contributed by atoms with Gasteiger partial charge in [0.1, 0.15) is 0 Å². The zero-order valence-electron chi connectivity index (χ0n) is 10.3. The molecular weight excluding hydrogens is 326 g/mol. The molecule has 19 heavy (non-hydrogen) atoms. The number of thiophene rings is 1. The highest BCUT2D eigenvalue weighted by Crippen LogP contribution is 2.25. The van der Waals surface area contributed by atoms with Crippen molar-refractivity contribution in [1.29, 1.82) is 0 Å². The largest absolute Gasteiger partial charge is 0.336 e. The van der Waals surface area contributed by atoms with Gasteiger partial charge in [-0.2, -0.15) is 5.10 Å². The highest BCUT2D eigenvalue weighted by molar-refractivity contribution is 9.11. The molecule has 1 amide bonds. The van der Waals surface area contributed by atoms with Crippen LogP contribution in [0.15, 0.2) is 33.7 Å². The molecule has 0 N–H and O–H groups in total. The Morgan fingerprint density at radius 1 is 1.53 bits per heavy atom. The SMILES string of the molecule is O=C(c1csc(Br)c1)N1CCC[C@H](n2cccn2)C1. The van der Waals surface area contributed by atoms with Crippen molar-refractivity contribution in [3.8, 4) is 0 Å². The minimum Gasteiger partial charge on any atom is -0.336 e. The maximum atomic E-state index is 12.4. The first kappa shape index (κ1) is 12.9. The highest BCUT2D eigenvalue weighted by atomic mass is 79.9. The van der Waals surface area contributed by atoms with Crippen molar-refractivity contribution in [2.45, 2.75) is 18.9 Å². The van der Waals surface area contributed by atoms with Crippen LogP contribution in [0.25, 0.3) is 0 Å². The first-order valence-corrected chi connectivity index (χ1v) is 7.94. The first-order valence-electron chi connectivity index (χ1n) is 6.26. The molecular formula is C13H14BrN3OS. The van der Waals surface area contributed by atoms with Crippen LogP contribution >= 0.6 is 27.3 Å². The van der Waals surface area contributed by atoms with Crippen LogP contribution in [0.3, 0.4) is 0 Å². The fourth-order valence-electron chi connectivity index (χ4n) is 2.46. The second kappa shape index (κ2) is 5.46. The number of aromatic nitrogens is 2. The third-order valence-electron chi connectivity index (χ3n) is 3.40. The lowest BCUT2D eigenvalue weighted by atomic mass is 10.1. The molecule has 0 aromatic carbocycles. The van der Waals surface area contributed by atoms with Gasteiger partial charge in [-0.1, -0.05) is 0 Å². The molecule has 0 aliphatic carbocycles. The van der Waals surface area contributed by atoms with Crippen LogP contribution in [0.1, 0.15) is 29.2 Å². The van der Waals surface area contributed by atoms with E-state index in [0.717, 1.165) is 35.3 Å². The molecule has 3 rings (SSSR count). The monoisotopic (exact) mass is 339 g/mol. The quantitative estimate of drug-likeness (QED) is 0.842. The Balaban J connectivity index is 1.73. The van der Waals surface area contributed by atoms with Crippen molar-refractivity contribution >= 4 is 33.2 Å². The van der Waals surface area contributed by atoms with Gasteiger partial charge in [-0.15, -0.1) is 11.3 Å². The maximum absolute atomic E-state index is 12.4. The van der Waals surface area contributed by atoms with E-state index in [1.165, 1.54) is 0 Å². The zero-order chi connectivity index (χ0) is 13.2. The van der Waals surface area contributed by atoms with Gasteiger partial charge in [0.2, 0.25) is 0 Å². The molecule has 6 heteroatoms. The normalized spacial score (nSPS) is 19.6. The Bertz CT molecular complexity index is 566. The number of hydrogen-bond acceptors (Lipinski definition) is 3. The minimum atomic E-state index is 0.124. The molecule has 1 aliphatic rings.